The average molecular weight is 495 g/mol. The Kier molecular flexibility index (Phi) is 7.62. The molecule has 0 aliphatic carbocycles. The van der Waals surface area contributed by atoms with E-state index < -0.39 is 11.5 Å². The van der Waals surface area contributed by atoms with Crippen LogP contribution in [0.2, 0.25) is 5.02 Å². The number of para-hydroxylation sites is 1. The molecule has 0 fully saturated rings. The van der Waals surface area contributed by atoms with Gasteiger partial charge in [-0.15, -0.1) is 5.10 Å². The number of hydrogen-bond acceptors (Lipinski definition) is 4. The summed E-state index contributed by atoms with van der Waals surface area (Å²) in [6.07, 6.45) is 0.572. The molecule has 0 radical (unpaired) electrons. The SMILES string of the molecule is COc1ccccc1CCNC(=O)Cn1nc(-c2ccc(Cl)cc2)n(Cc2ccccc2F)c1=O. The molecule has 7 nitrogen and oxygen atoms in total. The van der Waals surface area contributed by atoms with E-state index in [0.717, 1.165) is 16.0 Å². The van der Waals surface area contributed by atoms with E-state index in [1.54, 1.807) is 49.6 Å². The maximum absolute atomic E-state index is 14.3. The second kappa shape index (κ2) is 11.0. The molecule has 1 N–H and O–H groups in total. The van der Waals surface area contributed by atoms with Gasteiger partial charge in [-0.05, 0) is 48.4 Å². The molecule has 9 heteroatoms. The van der Waals surface area contributed by atoms with E-state index in [4.69, 9.17) is 16.3 Å². The zero-order chi connectivity index (χ0) is 24.8. The van der Waals surface area contributed by atoms with Crippen molar-refractivity contribution in [3.8, 4) is 17.1 Å². The topological polar surface area (TPSA) is 78.2 Å². The number of rotatable bonds is 9. The van der Waals surface area contributed by atoms with Gasteiger partial charge in [0.05, 0.1) is 13.7 Å². The molecule has 0 saturated heterocycles. The summed E-state index contributed by atoms with van der Waals surface area (Å²) in [4.78, 5) is 25.8. The van der Waals surface area contributed by atoms with E-state index in [-0.39, 0.29) is 19.0 Å². The molecule has 180 valence electrons. The molecular formula is C26H24ClFN4O3. The van der Waals surface area contributed by atoms with Crippen LogP contribution < -0.4 is 15.7 Å². The van der Waals surface area contributed by atoms with Gasteiger partial charge >= 0.3 is 5.69 Å². The number of ether oxygens (including phenoxy) is 1. The minimum Gasteiger partial charge on any atom is -0.496 e. The highest BCUT2D eigenvalue weighted by molar-refractivity contribution is 6.30. The van der Waals surface area contributed by atoms with Crippen molar-refractivity contribution in [2.45, 2.75) is 19.5 Å². The van der Waals surface area contributed by atoms with Gasteiger partial charge in [0.15, 0.2) is 5.82 Å². The van der Waals surface area contributed by atoms with Crippen molar-refractivity contribution in [3.05, 3.63) is 105 Å². The third-order valence-electron chi connectivity index (χ3n) is 5.51. The molecular weight excluding hydrogens is 471 g/mol. The lowest BCUT2D eigenvalue weighted by Gasteiger charge is -2.09. The lowest BCUT2D eigenvalue weighted by molar-refractivity contribution is -0.121. The van der Waals surface area contributed by atoms with Crippen molar-refractivity contribution in [1.29, 1.82) is 0 Å². The van der Waals surface area contributed by atoms with E-state index in [1.165, 1.54) is 10.6 Å². The number of nitrogens with one attached hydrogen (secondary N) is 1. The molecule has 0 bridgehead atoms. The molecule has 0 aliphatic heterocycles. The highest BCUT2D eigenvalue weighted by atomic mass is 35.5. The van der Waals surface area contributed by atoms with Crippen LogP contribution in [0.1, 0.15) is 11.1 Å². The third kappa shape index (κ3) is 5.78. The molecule has 0 spiro atoms. The van der Waals surface area contributed by atoms with Crippen LogP contribution >= 0.6 is 11.6 Å². The van der Waals surface area contributed by atoms with Gasteiger partial charge in [-0.25, -0.2) is 13.9 Å². The Balaban J connectivity index is 1.54. The highest BCUT2D eigenvalue weighted by Gasteiger charge is 2.18. The monoisotopic (exact) mass is 494 g/mol. The number of benzene rings is 3. The lowest BCUT2D eigenvalue weighted by atomic mass is 10.1. The lowest BCUT2D eigenvalue weighted by Crippen LogP contribution is -2.34. The molecule has 0 unspecified atom stereocenters. The summed E-state index contributed by atoms with van der Waals surface area (Å²) in [5, 5.41) is 7.73. The van der Waals surface area contributed by atoms with Crippen LogP contribution in [0.15, 0.2) is 77.6 Å². The summed E-state index contributed by atoms with van der Waals surface area (Å²) < 4.78 is 22.1. The van der Waals surface area contributed by atoms with Gasteiger partial charge in [-0.2, -0.15) is 0 Å². The minimum atomic E-state index is -0.516. The van der Waals surface area contributed by atoms with Gasteiger partial charge < -0.3 is 10.1 Å². The van der Waals surface area contributed by atoms with Crippen molar-refractivity contribution in [2.24, 2.45) is 0 Å². The van der Waals surface area contributed by atoms with E-state index >= 15 is 0 Å². The predicted molar refractivity (Wildman–Crippen MR) is 132 cm³/mol. The molecule has 4 aromatic rings. The Morgan fingerprint density at radius 3 is 2.43 bits per heavy atom. The first kappa shape index (κ1) is 24.2. The molecule has 35 heavy (non-hydrogen) atoms. The van der Waals surface area contributed by atoms with Crippen LogP contribution in [0.25, 0.3) is 11.4 Å². The van der Waals surface area contributed by atoms with Crippen molar-refractivity contribution in [2.75, 3.05) is 13.7 Å². The Hall–Kier alpha value is -3.91. The Morgan fingerprint density at radius 2 is 1.71 bits per heavy atom. The summed E-state index contributed by atoms with van der Waals surface area (Å²) in [6, 6.07) is 20.6. The number of amides is 1. The zero-order valence-corrected chi connectivity index (χ0v) is 19.8. The maximum Gasteiger partial charge on any atom is 0.347 e. The first-order chi connectivity index (χ1) is 17.0. The minimum absolute atomic E-state index is 0.0289. The van der Waals surface area contributed by atoms with Gasteiger partial charge in [0, 0.05) is 22.7 Å². The number of halogens is 2. The fourth-order valence-electron chi connectivity index (χ4n) is 3.73. The van der Waals surface area contributed by atoms with Gasteiger partial charge in [0.1, 0.15) is 18.1 Å². The van der Waals surface area contributed by atoms with E-state index in [9.17, 15) is 14.0 Å². The normalized spacial score (nSPS) is 10.8. The quantitative estimate of drug-likeness (QED) is 0.382. The summed E-state index contributed by atoms with van der Waals surface area (Å²) in [5.74, 6) is 0.276. The summed E-state index contributed by atoms with van der Waals surface area (Å²) in [5.41, 5.74) is 1.41. The second-order valence-electron chi connectivity index (χ2n) is 7.86. The van der Waals surface area contributed by atoms with Gasteiger partial charge in [0.2, 0.25) is 5.91 Å². The standard InChI is InChI=1S/C26H24ClFN4O3/c1-35-23-9-5-3-6-18(23)14-15-29-24(33)17-32-26(34)31(16-20-7-2-4-8-22(20)28)25(30-32)19-10-12-21(27)13-11-19/h2-13H,14-17H2,1H3,(H,29,33). The highest BCUT2D eigenvalue weighted by Crippen LogP contribution is 2.20. The van der Waals surface area contributed by atoms with E-state index in [1.807, 2.05) is 24.3 Å². The number of carbonyl (C=O) groups is 1. The predicted octanol–water partition coefficient (Wildman–Crippen LogP) is 3.92. The van der Waals surface area contributed by atoms with Crippen molar-refractivity contribution >= 4 is 17.5 Å². The third-order valence-corrected chi connectivity index (χ3v) is 5.77. The molecule has 4 rings (SSSR count). The summed E-state index contributed by atoms with van der Waals surface area (Å²) in [6.45, 7) is 0.0719. The largest absolute Gasteiger partial charge is 0.496 e. The molecule has 3 aromatic carbocycles. The number of methoxy groups -OCH3 is 1. The number of nitrogens with zero attached hydrogens (tertiary/aromatic N) is 3. The fraction of sp³-hybridized carbons (Fsp3) is 0.192. The van der Waals surface area contributed by atoms with Crippen molar-refractivity contribution in [3.63, 3.8) is 0 Å². The summed E-state index contributed by atoms with van der Waals surface area (Å²) >= 11 is 6.00. The first-order valence-electron chi connectivity index (χ1n) is 11.0. The molecule has 0 saturated carbocycles. The van der Waals surface area contributed by atoms with E-state index in [2.05, 4.69) is 10.4 Å². The zero-order valence-electron chi connectivity index (χ0n) is 19.1. The molecule has 0 atom stereocenters. The summed E-state index contributed by atoms with van der Waals surface area (Å²) in [7, 11) is 1.60. The van der Waals surface area contributed by atoms with Crippen LogP contribution in [0.4, 0.5) is 4.39 Å². The second-order valence-corrected chi connectivity index (χ2v) is 8.30. The number of carbonyl (C=O) groups excluding carboxylic acids is 1. The van der Waals surface area contributed by atoms with Gasteiger partial charge in [-0.3, -0.25) is 9.36 Å². The Morgan fingerprint density at radius 1 is 1.03 bits per heavy atom. The number of aromatic nitrogens is 3. The van der Waals surface area contributed by atoms with Crippen LogP contribution in [0, 0.1) is 5.82 Å². The molecule has 1 aromatic heterocycles. The van der Waals surface area contributed by atoms with E-state index in [0.29, 0.717) is 34.9 Å². The smallest absolute Gasteiger partial charge is 0.347 e. The van der Waals surface area contributed by atoms with Crippen molar-refractivity contribution < 1.29 is 13.9 Å². The average Bonchev–Trinajstić information content (AvgIpc) is 3.16. The van der Waals surface area contributed by atoms with Crippen LogP contribution in [-0.4, -0.2) is 33.9 Å². The Labute approximate surface area is 206 Å². The molecule has 0 aliphatic rings. The maximum atomic E-state index is 14.3. The van der Waals surface area contributed by atoms with Gasteiger partial charge in [0.25, 0.3) is 0 Å². The van der Waals surface area contributed by atoms with Crippen LogP contribution in [0.5, 0.6) is 5.75 Å². The first-order valence-corrected chi connectivity index (χ1v) is 11.4. The van der Waals surface area contributed by atoms with Gasteiger partial charge in [-0.1, -0.05) is 48.0 Å². The molecule has 1 heterocycles. The van der Waals surface area contributed by atoms with Crippen LogP contribution in [-0.2, 0) is 24.3 Å². The Bertz CT molecular complexity index is 1380. The fourth-order valence-corrected chi connectivity index (χ4v) is 3.86. The van der Waals surface area contributed by atoms with Crippen LogP contribution in [0.3, 0.4) is 0 Å². The number of hydrogen-bond donors (Lipinski definition) is 1. The van der Waals surface area contributed by atoms with Crippen molar-refractivity contribution in [1.82, 2.24) is 19.7 Å². The molecule has 1 amide bonds.